The lowest BCUT2D eigenvalue weighted by Crippen LogP contribution is -2.57. The van der Waals surface area contributed by atoms with Gasteiger partial charge in [-0.3, -0.25) is 19.4 Å². The summed E-state index contributed by atoms with van der Waals surface area (Å²) in [4.78, 5) is 34.4. The molecule has 72 heavy (non-hydrogen) atoms. The van der Waals surface area contributed by atoms with Crippen LogP contribution in [-0.2, 0) is 23.8 Å². The second-order valence-corrected chi connectivity index (χ2v) is 34.1. The molecular weight excluding hydrogens is 893 g/mol. The van der Waals surface area contributed by atoms with Gasteiger partial charge in [0.05, 0.1) is 30.0 Å². The minimum Gasteiger partial charge on any atom is -0.375 e. The quantitative estimate of drug-likeness (QED) is 0.172. The molecule has 0 aromatic heterocycles. The maximum Gasteiger partial charge on any atom is 0.254 e. The lowest BCUT2D eigenvalue weighted by Gasteiger charge is -2.45. The number of nitrogens with zero attached hydrogens (tertiary/aromatic N) is 4. The van der Waals surface area contributed by atoms with E-state index < -0.39 is 5.60 Å². The van der Waals surface area contributed by atoms with Gasteiger partial charge in [0.15, 0.2) is 0 Å². The summed E-state index contributed by atoms with van der Waals surface area (Å²) in [6, 6.07) is 0. The van der Waals surface area contributed by atoms with E-state index in [9.17, 15) is 9.59 Å². The van der Waals surface area contributed by atoms with Crippen LogP contribution >= 0.6 is 0 Å². The first-order valence-corrected chi connectivity index (χ1v) is 28.0. The highest BCUT2D eigenvalue weighted by atomic mass is 16.5. The Hall–Kier alpha value is -1.26. The van der Waals surface area contributed by atoms with E-state index in [0.29, 0.717) is 35.9 Å². The first-order valence-electron chi connectivity index (χ1n) is 28.0. The van der Waals surface area contributed by atoms with Gasteiger partial charge < -0.3 is 24.0 Å². The number of carbonyl (C=O) groups is 2. The minimum atomic E-state index is -0.823. The Balaban J connectivity index is -0.000000429. The largest absolute Gasteiger partial charge is 0.375 e. The van der Waals surface area contributed by atoms with E-state index in [1.807, 2.05) is 86.0 Å². The number of ether oxygens (including phenoxy) is 3. The first kappa shape index (κ1) is 77.2. The zero-order chi connectivity index (χ0) is 59.2. The molecule has 0 radical (unpaired) electrons. The predicted molar refractivity (Wildman–Crippen MR) is 318 cm³/mol. The van der Waals surface area contributed by atoms with Gasteiger partial charge in [0, 0.05) is 60.3 Å². The van der Waals surface area contributed by atoms with Crippen molar-refractivity contribution < 1.29 is 23.8 Å². The average Bonchev–Trinajstić information content (AvgIpc) is 3.02. The van der Waals surface area contributed by atoms with Crippen molar-refractivity contribution in [3.8, 4) is 0 Å². The Bertz CT molecular complexity index is 1450. The summed E-state index contributed by atoms with van der Waals surface area (Å²) >= 11 is 0. The second-order valence-electron chi connectivity index (χ2n) is 34.1. The van der Waals surface area contributed by atoms with Gasteiger partial charge in [-0.25, -0.2) is 0 Å². The first-order chi connectivity index (χ1) is 30.8. The predicted octanol–water partition coefficient (Wildman–Crippen LogP) is 16.6. The Morgan fingerprint density at radius 2 is 0.653 bits per heavy atom. The van der Waals surface area contributed by atoms with Crippen molar-refractivity contribution in [1.82, 2.24) is 19.6 Å². The van der Waals surface area contributed by atoms with Gasteiger partial charge >= 0.3 is 0 Å². The Morgan fingerprint density at radius 3 is 0.903 bits per heavy atom. The van der Waals surface area contributed by atoms with E-state index in [4.69, 9.17) is 14.2 Å². The molecule has 0 N–H and O–H groups in total. The molecular formula is C63H134N4O5. The molecule has 436 valence electrons. The van der Waals surface area contributed by atoms with Crippen molar-refractivity contribution in [3.63, 3.8) is 0 Å². The molecule has 0 atom stereocenters. The third-order valence-electron chi connectivity index (χ3n) is 10.8. The fourth-order valence-electron chi connectivity index (χ4n) is 7.52. The highest BCUT2D eigenvalue weighted by Crippen LogP contribution is 2.30. The maximum absolute atomic E-state index is 13.0. The highest BCUT2D eigenvalue weighted by molar-refractivity contribution is 5.85. The molecule has 9 heteroatoms. The van der Waals surface area contributed by atoms with Crippen LogP contribution in [0.3, 0.4) is 0 Å². The number of hydrogen-bond acceptors (Lipinski definition) is 7. The van der Waals surface area contributed by atoms with Crippen molar-refractivity contribution in [2.24, 2.45) is 27.1 Å². The highest BCUT2D eigenvalue weighted by Gasteiger charge is 2.42. The molecule has 0 fully saturated rings. The standard InChI is InChI=1S/C17H35NO2.C16H35N.C15H31NO2.C15H33NO/c1-14(2,3)12-18(15(4,5)6)13(19)17(10,11)20-16(7,8)9;1-14(2,3)11-10-12-17(16(7,8)9)13-15(4,5)6;1-13(2,3)12(17)16(14(4,5)6)10-11-18-15(7,8)9;1-13(2,3)12-16(14(4,5)6)10-11-17-15(7,8)9/h12H2,1-11H3;10-13H2,1-9H3;10-11H2,1-9H3;10-12H2,1-9H3. The van der Waals surface area contributed by atoms with Gasteiger partial charge in [-0.05, 0) is 200 Å². The molecule has 9 nitrogen and oxygen atoms in total. The van der Waals surface area contributed by atoms with Crippen molar-refractivity contribution in [2.45, 2.75) is 321 Å². The summed E-state index contributed by atoms with van der Waals surface area (Å²) in [5.74, 6) is 0.224. The lowest BCUT2D eigenvalue weighted by atomic mass is 9.89. The Labute approximate surface area is 453 Å². The second kappa shape index (κ2) is 28.4. The molecule has 0 aromatic carbocycles. The summed E-state index contributed by atoms with van der Waals surface area (Å²) in [6.07, 6.45) is 2.61. The van der Waals surface area contributed by atoms with Crippen LogP contribution < -0.4 is 0 Å². The molecule has 0 aliphatic carbocycles. The smallest absolute Gasteiger partial charge is 0.254 e. The minimum absolute atomic E-state index is 0.0364. The SMILES string of the molecule is CC(C)(C)CCCN(CC(C)(C)C)C(C)(C)C.CC(C)(C)CN(C(=O)C(C)(C)OC(C)(C)C)C(C)(C)C.CC(C)(C)CN(CCOC(C)(C)C)C(C)(C)C.CC(C)(C)OCCN(C(=O)C(C)(C)C)C(C)(C)C. The van der Waals surface area contributed by atoms with Crippen LogP contribution in [0.5, 0.6) is 0 Å². The zero-order valence-electron chi connectivity index (χ0n) is 56.4. The molecule has 0 saturated heterocycles. The molecule has 0 unspecified atom stereocenters. The van der Waals surface area contributed by atoms with Gasteiger partial charge in [0.2, 0.25) is 5.91 Å². The third-order valence-corrected chi connectivity index (χ3v) is 10.8. The lowest BCUT2D eigenvalue weighted by molar-refractivity contribution is -0.176. The van der Waals surface area contributed by atoms with Crippen LogP contribution in [-0.4, -0.2) is 128 Å². The van der Waals surface area contributed by atoms with Crippen molar-refractivity contribution in [1.29, 1.82) is 0 Å². The molecule has 0 aliphatic heterocycles. The van der Waals surface area contributed by atoms with Gasteiger partial charge in [-0.15, -0.1) is 0 Å². The summed E-state index contributed by atoms with van der Waals surface area (Å²) in [5, 5.41) is 0. The molecule has 0 bridgehead atoms. The maximum atomic E-state index is 13.0. The van der Waals surface area contributed by atoms with Gasteiger partial charge in [-0.1, -0.05) is 104 Å². The normalized spacial score (nSPS) is 14.2. The Kier molecular flexibility index (Phi) is 30.5. The molecule has 0 heterocycles. The molecule has 0 aromatic rings. The van der Waals surface area contributed by atoms with Crippen LogP contribution in [0, 0.1) is 27.1 Å². The topological polar surface area (TPSA) is 74.8 Å². The fraction of sp³-hybridized carbons (Fsp3) is 0.968. The Morgan fingerprint density at radius 1 is 0.333 bits per heavy atom. The number of hydrogen-bond donors (Lipinski definition) is 0. The summed E-state index contributed by atoms with van der Waals surface area (Å²) < 4.78 is 17.5. The number of carbonyl (C=O) groups excluding carboxylic acids is 2. The fourth-order valence-corrected chi connectivity index (χ4v) is 7.52. The van der Waals surface area contributed by atoms with Crippen molar-refractivity contribution in [2.75, 3.05) is 52.5 Å². The number of amides is 2. The van der Waals surface area contributed by atoms with Crippen LogP contribution in [0.1, 0.15) is 276 Å². The molecule has 0 saturated carbocycles. The van der Waals surface area contributed by atoms with Crippen LogP contribution in [0.2, 0.25) is 0 Å². The van der Waals surface area contributed by atoms with E-state index >= 15 is 0 Å². The van der Waals surface area contributed by atoms with E-state index in [2.05, 4.69) is 197 Å². The zero-order valence-corrected chi connectivity index (χ0v) is 56.4. The van der Waals surface area contributed by atoms with Crippen LogP contribution in [0.15, 0.2) is 0 Å². The van der Waals surface area contributed by atoms with Crippen molar-refractivity contribution in [3.05, 3.63) is 0 Å². The van der Waals surface area contributed by atoms with Crippen LogP contribution in [0.25, 0.3) is 0 Å². The molecule has 0 aliphatic rings. The van der Waals surface area contributed by atoms with E-state index in [1.165, 1.54) is 25.9 Å². The summed E-state index contributed by atoms with van der Waals surface area (Å²) in [7, 11) is 0. The van der Waals surface area contributed by atoms with E-state index in [1.54, 1.807) is 0 Å². The molecule has 0 rings (SSSR count). The van der Waals surface area contributed by atoms with E-state index in [-0.39, 0.29) is 61.6 Å². The number of rotatable bonds is 14. The van der Waals surface area contributed by atoms with Gasteiger partial charge in [0.25, 0.3) is 5.91 Å². The average molecular weight is 1030 g/mol. The summed E-state index contributed by atoms with van der Waals surface area (Å²) in [5.41, 5.74) is -0.389. The molecule has 2 amide bonds. The van der Waals surface area contributed by atoms with Gasteiger partial charge in [-0.2, -0.15) is 0 Å². The third kappa shape index (κ3) is 43.9. The summed E-state index contributed by atoms with van der Waals surface area (Å²) in [6.45, 7) is 88.7. The van der Waals surface area contributed by atoms with E-state index in [0.717, 1.165) is 19.7 Å². The monoisotopic (exact) mass is 1030 g/mol. The van der Waals surface area contributed by atoms with Gasteiger partial charge in [0.1, 0.15) is 5.60 Å². The van der Waals surface area contributed by atoms with Crippen LogP contribution in [0.4, 0.5) is 0 Å². The van der Waals surface area contributed by atoms with Crippen molar-refractivity contribution >= 4 is 11.8 Å². The molecule has 0 spiro atoms.